The number of ketones is 1. The fourth-order valence-corrected chi connectivity index (χ4v) is 4.17. The number of carbonyl (C=O) groups excluding carboxylic acids is 3. The van der Waals surface area contributed by atoms with E-state index in [0.717, 1.165) is 16.4 Å². The van der Waals surface area contributed by atoms with E-state index in [0.29, 0.717) is 16.5 Å². The number of amides is 2. The Bertz CT molecular complexity index is 1310. The van der Waals surface area contributed by atoms with Crippen LogP contribution in [0.25, 0.3) is 10.8 Å². The smallest absolute Gasteiger partial charge is 0.335 e. The predicted octanol–water partition coefficient (Wildman–Crippen LogP) is 3.29. The SMILES string of the molecule is CC(Nc1cc(C(=O)O)cc(C(=O)O)c1)C(=O)C(C)N1C(=O)c2cccc3cccc(c23)C1=O. The quantitative estimate of drug-likeness (QED) is 0.456. The number of Topliss-reactive ketones (excluding diaryl/α,β-unsaturated/α-hetero) is 1. The van der Waals surface area contributed by atoms with Crippen LogP contribution in [0.3, 0.4) is 0 Å². The van der Waals surface area contributed by atoms with Crippen molar-refractivity contribution in [3.63, 3.8) is 0 Å². The first-order chi connectivity index (χ1) is 16.1. The number of carboxylic acid groups (broad SMARTS) is 2. The first-order valence-electron chi connectivity index (χ1n) is 10.4. The Morgan fingerprint density at radius 1 is 0.824 bits per heavy atom. The standard InChI is InChI=1S/C25H20N2O7/c1-12(26-17-10-15(24(31)32)9-16(11-17)25(33)34)21(28)13(2)27-22(29)18-7-3-5-14-6-4-8-19(20(14)18)23(27)30/h3-13,26H,1-2H3,(H,31,32)(H,33,34). The van der Waals surface area contributed by atoms with Crippen LogP contribution >= 0.6 is 0 Å². The summed E-state index contributed by atoms with van der Waals surface area (Å²) in [7, 11) is 0. The summed E-state index contributed by atoms with van der Waals surface area (Å²) in [5.74, 6) is -4.32. The molecule has 2 unspecified atom stereocenters. The van der Waals surface area contributed by atoms with Gasteiger partial charge in [0.15, 0.2) is 5.78 Å². The summed E-state index contributed by atoms with van der Waals surface area (Å²) in [6, 6.07) is 11.6. The van der Waals surface area contributed by atoms with Crippen molar-refractivity contribution in [2.45, 2.75) is 25.9 Å². The molecule has 0 aromatic heterocycles. The second-order valence-electron chi connectivity index (χ2n) is 8.04. The molecule has 3 aromatic rings. The van der Waals surface area contributed by atoms with Gasteiger partial charge in [-0.2, -0.15) is 0 Å². The van der Waals surface area contributed by atoms with Crippen LogP contribution in [0.5, 0.6) is 0 Å². The maximum absolute atomic E-state index is 13.2. The molecule has 172 valence electrons. The van der Waals surface area contributed by atoms with Gasteiger partial charge in [-0.05, 0) is 49.6 Å². The minimum atomic E-state index is -1.32. The molecule has 3 aromatic carbocycles. The van der Waals surface area contributed by atoms with Gasteiger partial charge in [0, 0.05) is 22.2 Å². The van der Waals surface area contributed by atoms with Gasteiger partial charge in [-0.25, -0.2) is 9.59 Å². The van der Waals surface area contributed by atoms with Gasteiger partial charge in [0.2, 0.25) is 0 Å². The van der Waals surface area contributed by atoms with Crippen molar-refractivity contribution >= 4 is 46.0 Å². The minimum absolute atomic E-state index is 0.108. The molecule has 1 heterocycles. The van der Waals surface area contributed by atoms with Gasteiger partial charge in [0.05, 0.1) is 23.2 Å². The van der Waals surface area contributed by atoms with Crippen LogP contribution in [0.2, 0.25) is 0 Å². The second kappa shape index (κ2) is 8.43. The number of nitrogens with one attached hydrogen (secondary N) is 1. The predicted molar refractivity (Wildman–Crippen MR) is 122 cm³/mol. The largest absolute Gasteiger partial charge is 0.478 e. The van der Waals surface area contributed by atoms with Crippen LogP contribution in [0.15, 0.2) is 54.6 Å². The van der Waals surface area contributed by atoms with Crippen molar-refractivity contribution < 1.29 is 34.2 Å². The normalized spacial score (nSPS) is 14.6. The second-order valence-corrected chi connectivity index (χ2v) is 8.04. The number of aromatic carboxylic acids is 2. The number of anilines is 1. The molecule has 0 radical (unpaired) electrons. The van der Waals surface area contributed by atoms with E-state index in [1.54, 1.807) is 36.4 Å². The molecule has 1 aliphatic rings. The Balaban J connectivity index is 1.62. The molecule has 0 bridgehead atoms. The van der Waals surface area contributed by atoms with Crippen LogP contribution in [0.4, 0.5) is 5.69 Å². The number of carbonyl (C=O) groups is 5. The van der Waals surface area contributed by atoms with E-state index in [2.05, 4.69) is 5.32 Å². The average Bonchev–Trinajstić information content (AvgIpc) is 2.81. The molecule has 9 nitrogen and oxygen atoms in total. The molecule has 9 heteroatoms. The highest BCUT2D eigenvalue weighted by Gasteiger charge is 2.39. The third-order valence-electron chi connectivity index (χ3n) is 5.84. The zero-order chi connectivity index (χ0) is 24.7. The van der Waals surface area contributed by atoms with Gasteiger partial charge in [-0.3, -0.25) is 19.3 Å². The summed E-state index contributed by atoms with van der Waals surface area (Å²) in [4.78, 5) is 63.2. The molecule has 0 fully saturated rings. The van der Waals surface area contributed by atoms with Crippen LogP contribution in [-0.4, -0.2) is 56.7 Å². The van der Waals surface area contributed by atoms with E-state index in [1.807, 2.05) is 0 Å². The number of carboxylic acids is 2. The van der Waals surface area contributed by atoms with Crippen molar-refractivity contribution in [1.29, 1.82) is 0 Å². The van der Waals surface area contributed by atoms with Gasteiger partial charge in [-0.1, -0.05) is 24.3 Å². The maximum atomic E-state index is 13.2. The van der Waals surface area contributed by atoms with Crippen molar-refractivity contribution in [3.05, 3.63) is 76.9 Å². The molecule has 2 amide bonds. The van der Waals surface area contributed by atoms with Gasteiger partial charge in [0.25, 0.3) is 11.8 Å². The molecule has 0 saturated heterocycles. The van der Waals surface area contributed by atoms with E-state index in [4.69, 9.17) is 0 Å². The lowest BCUT2D eigenvalue weighted by atomic mass is 9.92. The molecule has 4 rings (SSSR count). The molecular weight excluding hydrogens is 440 g/mol. The topological polar surface area (TPSA) is 141 Å². The third kappa shape index (κ3) is 3.77. The number of benzene rings is 3. The van der Waals surface area contributed by atoms with Crippen molar-refractivity contribution in [2.75, 3.05) is 5.32 Å². The highest BCUT2D eigenvalue weighted by molar-refractivity contribution is 6.26. The number of imide groups is 1. The molecule has 0 saturated carbocycles. The first kappa shape index (κ1) is 22.7. The molecule has 2 atom stereocenters. The number of nitrogens with zero attached hydrogens (tertiary/aromatic N) is 1. The Labute approximate surface area is 193 Å². The first-order valence-corrected chi connectivity index (χ1v) is 10.4. The van der Waals surface area contributed by atoms with Gasteiger partial charge in [0.1, 0.15) is 0 Å². The molecule has 0 aliphatic carbocycles. The summed E-state index contributed by atoms with van der Waals surface area (Å²) in [6.07, 6.45) is 0. The van der Waals surface area contributed by atoms with E-state index in [-0.39, 0.29) is 16.8 Å². The minimum Gasteiger partial charge on any atom is -0.478 e. The van der Waals surface area contributed by atoms with Crippen LogP contribution in [0, 0.1) is 0 Å². The summed E-state index contributed by atoms with van der Waals surface area (Å²) in [5, 5.41) is 22.6. The third-order valence-corrected chi connectivity index (χ3v) is 5.84. The number of rotatable bonds is 7. The van der Waals surface area contributed by atoms with E-state index in [9.17, 15) is 34.2 Å². The summed E-state index contributed by atoms with van der Waals surface area (Å²) in [6.45, 7) is 2.93. The van der Waals surface area contributed by atoms with Crippen LogP contribution < -0.4 is 5.32 Å². The van der Waals surface area contributed by atoms with Gasteiger partial charge in [-0.15, -0.1) is 0 Å². The molecule has 1 aliphatic heterocycles. The van der Waals surface area contributed by atoms with Gasteiger partial charge < -0.3 is 15.5 Å². The number of hydrogen-bond acceptors (Lipinski definition) is 6. The maximum Gasteiger partial charge on any atom is 0.335 e. The Morgan fingerprint density at radius 3 is 1.79 bits per heavy atom. The Hall–Kier alpha value is -4.53. The lowest BCUT2D eigenvalue weighted by molar-refractivity contribution is -0.122. The molecule has 0 spiro atoms. The highest BCUT2D eigenvalue weighted by Crippen LogP contribution is 2.31. The average molecular weight is 460 g/mol. The number of hydrogen-bond donors (Lipinski definition) is 3. The van der Waals surface area contributed by atoms with E-state index < -0.39 is 41.6 Å². The van der Waals surface area contributed by atoms with Crippen LogP contribution in [0.1, 0.15) is 55.3 Å². The zero-order valence-corrected chi connectivity index (χ0v) is 18.2. The van der Waals surface area contributed by atoms with E-state index in [1.165, 1.54) is 26.0 Å². The monoisotopic (exact) mass is 460 g/mol. The van der Waals surface area contributed by atoms with Gasteiger partial charge >= 0.3 is 11.9 Å². The fourth-order valence-electron chi connectivity index (χ4n) is 4.17. The fraction of sp³-hybridized carbons (Fsp3) is 0.160. The summed E-state index contributed by atoms with van der Waals surface area (Å²) >= 11 is 0. The molecular formula is C25H20N2O7. The lowest BCUT2D eigenvalue weighted by Crippen LogP contribution is -2.52. The lowest BCUT2D eigenvalue weighted by Gasteiger charge is -2.32. The van der Waals surface area contributed by atoms with Crippen molar-refractivity contribution in [3.8, 4) is 0 Å². The van der Waals surface area contributed by atoms with Crippen molar-refractivity contribution in [2.24, 2.45) is 0 Å². The van der Waals surface area contributed by atoms with E-state index >= 15 is 0 Å². The van der Waals surface area contributed by atoms with Crippen LogP contribution in [-0.2, 0) is 4.79 Å². The zero-order valence-electron chi connectivity index (χ0n) is 18.2. The Kier molecular flexibility index (Phi) is 5.62. The Morgan fingerprint density at radius 2 is 1.32 bits per heavy atom. The molecule has 3 N–H and O–H groups in total. The van der Waals surface area contributed by atoms with Crippen molar-refractivity contribution in [1.82, 2.24) is 4.90 Å². The highest BCUT2D eigenvalue weighted by atomic mass is 16.4. The summed E-state index contributed by atoms with van der Waals surface area (Å²) in [5.41, 5.74) is 0.237. The molecule has 34 heavy (non-hydrogen) atoms. The summed E-state index contributed by atoms with van der Waals surface area (Å²) < 4.78 is 0.